The van der Waals surface area contributed by atoms with Gasteiger partial charge in [0.15, 0.2) is 5.13 Å². The maximum absolute atomic E-state index is 12.4. The van der Waals surface area contributed by atoms with Crippen molar-refractivity contribution in [1.82, 2.24) is 9.97 Å². The fourth-order valence-electron chi connectivity index (χ4n) is 2.95. The first-order valence-electron chi connectivity index (χ1n) is 9.69. The molecule has 2 aromatic heterocycles. The Balaban J connectivity index is 1.38. The number of aromatic nitrogens is 2. The summed E-state index contributed by atoms with van der Waals surface area (Å²) in [5.41, 5.74) is 2.82. The fourth-order valence-corrected chi connectivity index (χ4v) is 4.51. The Kier molecular flexibility index (Phi) is 6.52. The number of carbonyl (C=O) groups is 1. The Bertz CT molecular complexity index is 1250. The summed E-state index contributed by atoms with van der Waals surface area (Å²) in [6, 6.07) is 13.9. The van der Waals surface area contributed by atoms with E-state index in [1.807, 2.05) is 36.6 Å². The van der Waals surface area contributed by atoms with E-state index in [0.29, 0.717) is 28.7 Å². The number of nitrogens with one attached hydrogen (secondary N) is 1. The number of benzene rings is 2. The number of ether oxygens (including phenoxy) is 1. The van der Waals surface area contributed by atoms with Gasteiger partial charge in [0, 0.05) is 34.0 Å². The molecule has 2 heterocycles. The zero-order chi connectivity index (χ0) is 22.5. The second-order valence-electron chi connectivity index (χ2n) is 6.67. The molecule has 4 aromatic rings. The van der Waals surface area contributed by atoms with Crippen molar-refractivity contribution >= 4 is 39.4 Å². The van der Waals surface area contributed by atoms with Gasteiger partial charge in [-0.25, -0.2) is 9.97 Å². The molecule has 0 spiro atoms. The van der Waals surface area contributed by atoms with Crippen molar-refractivity contribution in [1.29, 1.82) is 0 Å². The second-order valence-corrected chi connectivity index (χ2v) is 8.39. The van der Waals surface area contributed by atoms with Crippen molar-refractivity contribution in [3.05, 3.63) is 75.1 Å². The van der Waals surface area contributed by atoms with E-state index in [2.05, 4.69) is 15.3 Å². The van der Waals surface area contributed by atoms with E-state index in [-0.39, 0.29) is 18.0 Å². The molecule has 1 amide bonds. The van der Waals surface area contributed by atoms with Crippen LogP contribution in [0.2, 0.25) is 0 Å². The van der Waals surface area contributed by atoms with Crippen LogP contribution >= 0.6 is 22.7 Å². The normalized spacial score (nSPS) is 10.7. The van der Waals surface area contributed by atoms with Crippen LogP contribution in [0.15, 0.2) is 59.3 Å². The summed E-state index contributed by atoms with van der Waals surface area (Å²) in [6.45, 7) is 2.55. The molecule has 10 heteroatoms. The quantitative estimate of drug-likeness (QED) is 0.274. The van der Waals surface area contributed by atoms with Crippen LogP contribution in [-0.4, -0.2) is 27.4 Å². The average Bonchev–Trinajstić information content (AvgIpc) is 3.44. The number of amides is 1. The summed E-state index contributed by atoms with van der Waals surface area (Å²) >= 11 is 2.74. The number of anilines is 1. The highest BCUT2D eigenvalue weighted by Gasteiger charge is 2.13. The van der Waals surface area contributed by atoms with E-state index in [1.54, 1.807) is 17.5 Å². The molecule has 0 aliphatic carbocycles. The van der Waals surface area contributed by atoms with E-state index in [0.717, 1.165) is 16.3 Å². The first-order chi connectivity index (χ1) is 15.5. The average molecular weight is 467 g/mol. The molecule has 1 N–H and O–H groups in total. The summed E-state index contributed by atoms with van der Waals surface area (Å²) in [7, 11) is 0. The molecular formula is C22H18N4O4S2. The largest absolute Gasteiger partial charge is 0.494 e. The monoisotopic (exact) mass is 466 g/mol. The van der Waals surface area contributed by atoms with Gasteiger partial charge in [0.25, 0.3) is 5.69 Å². The highest BCUT2D eigenvalue weighted by Crippen LogP contribution is 2.28. The van der Waals surface area contributed by atoms with Gasteiger partial charge in [-0.2, -0.15) is 0 Å². The molecule has 8 nitrogen and oxygen atoms in total. The standard InChI is InChI=1S/C22H18N4O4S2/c1-2-30-18-8-6-14(7-9-18)21-23-16(12-31-21)11-20(27)25-22-24-19(13-32-22)15-4-3-5-17(10-15)26(28)29/h3-10,12-13H,2,11H2,1H3,(H,24,25,27). The van der Waals surface area contributed by atoms with E-state index < -0.39 is 4.92 Å². The minimum absolute atomic E-state index is 0.00653. The number of hydrogen-bond acceptors (Lipinski definition) is 8. The number of hydrogen-bond donors (Lipinski definition) is 1. The van der Waals surface area contributed by atoms with Crippen LogP contribution in [0, 0.1) is 10.1 Å². The van der Waals surface area contributed by atoms with Gasteiger partial charge >= 0.3 is 0 Å². The van der Waals surface area contributed by atoms with Crippen molar-refractivity contribution in [2.75, 3.05) is 11.9 Å². The number of nitro benzene ring substituents is 1. The van der Waals surface area contributed by atoms with Crippen LogP contribution in [0.4, 0.5) is 10.8 Å². The predicted molar refractivity (Wildman–Crippen MR) is 125 cm³/mol. The lowest BCUT2D eigenvalue weighted by molar-refractivity contribution is -0.384. The zero-order valence-electron chi connectivity index (χ0n) is 17.0. The third-order valence-corrected chi connectivity index (χ3v) is 6.11. The molecule has 4 rings (SSSR count). The zero-order valence-corrected chi connectivity index (χ0v) is 18.6. The maximum Gasteiger partial charge on any atom is 0.270 e. The van der Waals surface area contributed by atoms with E-state index in [1.165, 1.54) is 34.8 Å². The summed E-state index contributed by atoms with van der Waals surface area (Å²) in [5, 5.41) is 18.6. The van der Waals surface area contributed by atoms with Crippen molar-refractivity contribution in [2.24, 2.45) is 0 Å². The molecule has 0 atom stereocenters. The lowest BCUT2D eigenvalue weighted by atomic mass is 10.1. The number of non-ortho nitro benzene ring substituents is 1. The maximum atomic E-state index is 12.4. The molecule has 0 bridgehead atoms. The minimum Gasteiger partial charge on any atom is -0.494 e. The molecule has 0 radical (unpaired) electrons. The van der Waals surface area contributed by atoms with Gasteiger partial charge < -0.3 is 10.1 Å². The minimum atomic E-state index is -0.450. The lowest BCUT2D eigenvalue weighted by Gasteiger charge is -2.03. The van der Waals surface area contributed by atoms with Gasteiger partial charge in [0.1, 0.15) is 10.8 Å². The molecule has 0 saturated heterocycles. The molecule has 32 heavy (non-hydrogen) atoms. The Hall–Kier alpha value is -3.63. The van der Waals surface area contributed by atoms with Crippen molar-refractivity contribution in [3.8, 4) is 27.6 Å². The molecular weight excluding hydrogens is 448 g/mol. The third kappa shape index (κ3) is 5.16. The molecule has 0 unspecified atom stereocenters. The van der Waals surface area contributed by atoms with Crippen LogP contribution in [0.25, 0.3) is 21.8 Å². The third-order valence-electron chi connectivity index (χ3n) is 4.41. The second kappa shape index (κ2) is 9.67. The molecule has 162 valence electrons. The lowest BCUT2D eigenvalue weighted by Crippen LogP contribution is -2.14. The molecule has 2 aromatic carbocycles. The van der Waals surface area contributed by atoms with Gasteiger partial charge in [0.2, 0.25) is 5.91 Å². The Labute approximate surface area is 191 Å². The smallest absolute Gasteiger partial charge is 0.270 e. The van der Waals surface area contributed by atoms with Crippen LogP contribution in [0.1, 0.15) is 12.6 Å². The summed E-state index contributed by atoms with van der Waals surface area (Å²) < 4.78 is 5.45. The van der Waals surface area contributed by atoms with Crippen molar-refractivity contribution in [2.45, 2.75) is 13.3 Å². The van der Waals surface area contributed by atoms with Gasteiger partial charge in [-0.15, -0.1) is 22.7 Å². The van der Waals surface area contributed by atoms with Gasteiger partial charge in [-0.05, 0) is 31.2 Å². The van der Waals surface area contributed by atoms with Crippen molar-refractivity contribution in [3.63, 3.8) is 0 Å². The van der Waals surface area contributed by atoms with Crippen molar-refractivity contribution < 1.29 is 14.5 Å². The van der Waals surface area contributed by atoms with Crippen LogP contribution in [-0.2, 0) is 11.2 Å². The van der Waals surface area contributed by atoms with E-state index >= 15 is 0 Å². The summed E-state index contributed by atoms with van der Waals surface area (Å²) in [6.07, 6.45) is 0.124. The highest BCUT2D eigenvalue weighted by atomic mass is 32.1. The highest BCUT2D eigenvalue weighted by molar-refractivity contribution is 7.14. The first kappa shape index (κ1) is 21.6. The SMILES string of the molecule is CCOc1ccc(-c2nc(CC(=O)Nc3nc(-c4cccc([N+](=O)[O-])c4)cs3)cs2)cc1. The Morgan fingerprint density at radius 2 is 1.91 bits per heavy atom. The van der Waals surface area contributed by atoms with Gasteiger partial charge in [-0.1, -0.05) is 12.1 Å². The first-order valence-corrected chi connectivity index (χ1v) is 11.5. The topological polar surface area (TPSA) is 107 Å². The van der Waals surface area contributed by atoms with Gasteiger partial charge in [0.05, 0.1) is 29.3 Å². The molecule has 0 fully saturated rings. The number of nitro groups is 1. The summed E-state index contributed by atoms with van der Waals surface area (Å²) in [4.78, 5) is 31.9. The molecule has 0 saturated carbocycles. The number of nitrogens with zero attached hydrogens (tertiary/aromatic N) is 3. The molecule has 0 aliphatic heterocycles. The van der Waals surface area contributed by atoms with Gasteiger partial charge in [-0.3, -0.25) is 14.9 Å². The number of thiazole rings is 2. The number of carbonyl (C=O) groups excluding carboxylic acids is 1. The van der Waals surface area contributed by atoms with Crippen LogP contribution in [0.5, 0.6) is 5.75 Å². The molecule has 0 aliphatic rings. The van der Waals surface area contributed by atoms with Crippen LogP contribution < -0.4 is 10.1 Å². The van der Waals surface area contributed by atoms with E-state index in [4.69, 9.17) is 4.74 Å². The van der Waals surface area contributed by atoms with Crippen LogP contribution in [0.3, 0.4) is 0 Å². The fraction of sp³-hybridized carbons (Fsp3) is 0.136. The van der Waals surface area contributed by atoms with E-state index in [9.17, 15) is 14.9 Å². The predicted octanol–water partition coefficient (Wildman–Crippen LogP) is 5.42. The Morgan fingerprint density at radius 3 is 2.66 bits per heavy atom. The number of rotatable bonds is 8. The Morgan fingerprint density at radius 1 is 1.09 bits per heavy atom. The summed E-state index contributed by atoms with van der Waals surface area (Å²) in [5.74, 6) is 0.578.